The summed E-state index contributed by atoms with van der Waals surface area (Å²) in [6, 6.07) is 9.70. The smallest absolute Gasteiger partial charge is 0.0829 e. The molecule has 1 atom stereocenters. The van der Waals surface area contributed by atoms with Crippen LogP contribution in [0.15, 0.2) is 36.9 Å². The summed E-state index contributed by atoms with van der Waals surface area (Å²) >= 11 is 5.87. The fourth-order valence-electron chi connectivity index (χ4n) is 1.35. The van der Waals surface area contributed by atoms with Gasteiger partial charge in [-0.15, -0.1) is 6.58 Å². The van der Waals surface area contributed by atoms with Gasteiger partial charge in [-0.1, -0.05) is 29.8 Å². The zero-order valence-corrected chi connectivity index (χ0v) is 8.88. The Morgan fingerprint density at radius 1 is 1.64 bits per heavy atom. The quantitative estimate of drug-likeness (QED) is 0.691. The van der Waals surface area contributed by atoms with Crippen LogP contribution in [0.5, 0.6) is 0 Å². The van der Waals surface area contributed by atoms with Gasteiger partial charge in [0.2, 0.25) is 0 Å². The molecule has 0 fully saturated rings. The van der Waals surface area contributed by atoms with Gasteiger partial charge in [0.25, 0.3) is 0 Å². The maximum absolute atomic E-state index is 9.12. The normalized spacial score (nSPS) is 14.1. The molecule has 0 radical (unpaired) electrons. The highest BCUT2D eigenvalue weighted by Gasteiger charge is 2.24. The van der Waals surface area contributed by atoms with Crippen LogP contribution in [0.4, 0.5) is 0 Å². The van der Waals surface area contributed by atoms with E-state index in [1.807, 2.05) is 25.1 Å². The first-order chi connectivity index (χ1) is 6.62. The van der Waals surface area contributed by atoms with Gasteiger partial charge >= 0.3 is 0 Å². The molecule has 0 heterocycles. The van der Waals surface area contributed by atoms with Crippen molar-refractivity contribution in [2.75, 3.05) is 0 Å². The molecular weight excluding hydrogens is 194 g/mol. The van der Waals surface area contributed by atoms with E-state index < -0.39 is 5.41 Å². The summed E-state index contributed by atoms with van der Waals surface area (Å²) in [5.74, 6) is 0. The van der Waals surface area contributed by atoms with E-state index >= 15 is 0 Å². The summed E-state index contributed by atoms with van der Waals surface area (Å²) in [6.45, 7) is 5.55. The van der Waals surface area contributed by atoms with Gasteiger partial charge in [-0.05, 0) is 31.0 Å². The molecule has 1 nitrogen and oxygen atoms in total. The Balaban J connectivity index is 3.13. The van der Waals surface area contributed by atoms with Gasteiger partial charge in [0.15, 0.2) is 0 Å². The molecule has 0 aliphatic heterocycles. The Bertz CT molecular complexity index is 378. The van der Waals surface area contributed by atoms with E-state index in [1.54, 1.807) is 12.1 Å². The first-order valence-corrected chi connectivity index (χ1v) is 4.78. The molecule has 0 amide bonds. The van der Waals surface area contributed by atoms with Crippen molar-refractivity contribution >= 4 is 11.6 Å². The highest BCUT2D eigenvalue weighted by molar-refractivity contribution is 6.30. The van der Waals surface area contributed by atoms with Crippen molar-refractivity contribution in [1.82, 2.24) is 0 Å². The van der Waals surface area contributed by atoms with Crippen LogP contribution in [0.3, 0.4) is 0 Å². The summed E-state index contributed by atoms with van der Waals surface area (Å²) in [6.07, 6.45) is 2.38. The maximum Gasteiger partial charge on any atom is 0.0829 e. The molecule has 0 aliphatic rings. The van der Waals surface area contributed by atoms with E-state index in [0.717, 1.165) is 5.56 Å². The average molecular weight is 206 g/mol. The van der Waals surface area contributed by atoms with Crippen molar-refractivity contribution in [3.05, 3.63) is 47.5 Å². The van der Waals surface area contributed by atoms with Gasteiger partial charge in [0.1, 0.15) is 0 Å². The van der Waals surface area contributed by atoms with Crippen molar-refractivity contribution in [1.29, 1.82) is 5.26 Å². The topological polar surface area (TPSA) is 23.8 Å². The SMILES string of the molecule is C=CCC(C)(C#N)c1cccc(Cl)c1. The molecule has 1 unspecified atom stereocenters. The van der Waals surface area contributed by atoms with Crippen LogP contribution in [0.25, 0.3) is 0 Å². The largest absolute Gasteiger partial charge is 0.197 e. The number of halogens is 1. The van der Waals surface area contributed by atoms with E-state index in [2.05, 4.69) is 12.6 Å². The average Bonchev–Trinajstić information content (AvgIpc) is 2.18. The van der Waals surface area contributed by atoms with Crippen LogP contribution in [-0.2, 0) is 5.41 Å². The number of nitriles is 1. The predicted octanol–water partition coefficient (Wildman–Crippen LogP) is 3.70. The molecule has 0 N–H and O–H groups in total. The third-order valence-corrected chi connectivity index (χ3v) is 2.50. The molecule has 14 heavy (non-hydrogen) atoms. The third kappa shape index (κ3) is 2.16. The monoisotopic (exact) mass is 205 g/mol. The number of rotatable bonds is 3. The van der Waals surface area contributed by atoms with Crippen LogP contribution >= 0.6 is 11.6 Å². The van der Waals surface area contributed by atoms with E-state index in [1.165, 1.54) is 0 Å². The fourth-order valence-corrected chi connectivity index (χ4v) is 1.54. The van der Waals surface area contributed by atoms with Crippen molar-refractivity contribution in [2.24, 2.45) is 0 Å². The highest BCUT2D eigenvalue weighted by Crippen LogP contribution is 2.28. The minimum atomic E-state index is -0.521. The fraction of sp³-hybridized carbons (Fsp3) is 0.250. The van der Waals surface area contributed by atoms with E-state index in [0.29, 0.717) is 11.4 Å². The molecule has 0 saturated heterocycles. The van der Waals surface area contributed by atoms with Gasteiger partial charge in [-0.3, -0.25) is 0 Å². The number of nitrogens with zero attached hydrogens (tertiary/aromatic N) is 1. The van der Waals surface area contributed by atoms with Crippen LogP contribution < -0.4 is 0 Å². The second-order valence-corrected chi connectivity index (χ2v) is 3.88. The molecule has 0 saturated carbocycles. The molecule has 0 aromatic heterocycles. The minimum absolute atomic E-state index is 0.521. The number of allylic oxidation sites excluding steroid dienone is 1. The Morgan fingerprint density at radius 3 is 2.86 bits per heavy atom. The second-order valence-electron chi connectivity index (χ2n) is 3.45. The first kappa shape index (κ1) is 10.8. The standard InChI is InChI=1S/C12H12ClN/c1-3-7-12(2,9-14)10-5-4-6-11(13)8-10/h3-6,8H,1,7H2,2H3. The lowest BCUT2D eigenvalue weighted by molar-refractivity contribution is 0.622. The van der Waals surface area contributed by atoms with Crippen molar-refractivity contribution in [3.8, 4) is 6.07 Å². The number of hydrogen-bond acceptors (Lipinski definition) is 1. The molecular formula is C12H12ClN. The summed E-state index contributed by atoms with van der Waals surface area (Å²) in [4.78, 5) is 0. The number of hydrogen-bond donors (Lipinski definition) is 0. The molecule has 0 aliphatic carbocycles. The van der Waals surface area contributed by atoms with E-state index in [4.69, 9.17) is 16.9 Å². The lowest BCUT2D eigenvalue weighted by atomic mass is 9.81. The first-order valence-electron chi connectivity index (χ1n) is 4.40. The van der Waals surface area contributed by atoms with Gasteiger partial charge in [-0.25, -0.2) is 0 Å². The second kappa shape index (κ2) is 4.30. The van der Waals surface area contributed by atoms with Crippen LogP contribution in [-0.4, -0.2) is 0 Å². The third-order valence-electron chi connectivity index (χ3n) is 2.26. The highest BCUT2D eigenvalue weighted by atomic mass is 35.5. The molecule has 72 valence electrons. The molecule has 2 heteroatoms. The van der Waals surface area contributed by atoms with Gasteiger partial charge < -0.3 is 0 Å². The number of benzene rings is 1. The lowest BCUT2D eigenvalue weighted by Gasteiger charge is -2.20. The van der Waals surface area contributed by atoms with Gasteiger partial charge in [-0.2, -0.15) is 5.26 Å². The maximum atomic E-state index is 9.12. The molecule has 1 rings (SSSR count). The molecule has 1 aromatic carbocycles. The van der Waals surface area contributed by atoms with Crippen molar-refractivity contribution < 1.29 is 0 Å². The molecule has 0 bridgehead atoms. The summed E-state index contributed by atoms with van der Waals surface area (Å²) in [7, 11) is 0. The Morgan fingerprint density at radius 2 is 2.36 bits per heavy atom. The zero-order chi connectivity index (χ0) is 10.6. The van der Waals surface area contributed by atoms with Crippen molar-refractivity contribution in [2.45, 2.75) is 18.8 Å². The summed E-state index contributed by atoms with van der Waals surface area (Å²) < 4.78 is 0. The lowest BCUT2D eigenvalue weighted by Crippen LogP contribution is -2.18. The van der Waals surface area contributed by atoms with Crippen molar-refractivity contribution in [3.63, 3.8) is 0 Å². The Labute approximate surface area is 89.6 Å². The summed E-state index contributed by atoms with van der Waals surface area (Å²) in [5, 5.41) is 9.78. The van der Waals surface area contributed by atoms with Crippen LogP contribution in [0.1, 0.15) is 18.9 Å². The van der Waals surface area contributed by atoms with Gasteiger partial charge in [0, 0.05) is 5.02 Å². The summed E-state index contributed by atoms with van der Waals surface area (Å²) in [5.41, 5.74) is 0.416. The molecule has 0 spiro atoms. The molecule has 1 aromatic rings. The zero-order valence-electron chi connectivity index (χ0n) is 8.13. The minimum Gasteiger partial charge on any atom is -0.197 e. The Kier molecular flexibility index (Phi) is 3.33. The predicted molar refractivity (Wildman–Crippen MR) is 59.2 cm³/mol. The van der Waals surface area contributed by atoms with E-state index in [-0.39, 0.29) is 0 Å². The van der Waals surface area contributed by atoms with E-state index in [9.17, 15) is 0 Å². The Hall–Kier alpha value is -1.26. The van der Waals surface area contributed by atoms with Crippen LogP contribution in [0.2, 0.25) is 5.02 Å². The van der Waals surface area contributed by atoms with Gasteiger partial charge in [0.05, 0.1) is 11.5 Å². The van der Waals surface area contributed by atoms with Crippen LogP contribution in [0, 0.1) is 11.3 Å².